The number of rotatable bonds is 6. The van der Waals surface area contributed by atoms with Crippen molar-refractivity contribution in [2.24, 2.45) is 5.92 Å². The van der Waals surface area contributed by atoms with Crippen molar-refractivity contribution < 1.29 is 14.3 Å². The Balaban J connectivity index is 1.88. The largest absolute Gasteiger partial charge is 0.444 e. The number of ether oxygens (including phenoxy) is 2. The van der Waals surface area contributed by atoms with Crippen LogP contribution in [0.2, 0.25) is 0 Å². The molecule has 1 aliphatic carbocycles. The summed E-state index contributed by atoms with van der Waals surface area (Å²) in [6.07, 6.45) is 4.25. The lowest BCUT2D eigenvalue weighted by molar-refractivity contribution is 0.000556. The molecule has 0 saturated heterocycles. The van der Waals surface area contributed by atoms with Gasteiger partial charge in [-0.25, -0.2) is 4.79 Å². The van der Waals surface area contributed by atoms with Crippen LogP contribution in [0.25, 0.3) is 0 Å². The van der Waals surface area contributed by atoms with E-state index in [0.29, 0.717) is 19.8 Å². The second kappa shape index (κ2) is 9.23. The maximum atomic E-state index is 12.7. The predicted octanol–water partition coefficient (Wildman–Crippen LogP) is 5.02. The van der Waals surface area contributed by atoms with Gasteiger partial charge in [0.05, 0.1) is 13.2 Å². The molecule has 0 atom stereocenters. The molecule has 1 saturated carbocycles. The molecule has 1 amide bonds. The van der Waals surface area contributed by atoms with E-state index in [4.69, 9.17) is 9.47 Å². The molecule has 4 nitrogen and oxygen atoms in total. The Hall–Kier alpha value is -1.55. The number of hydrogen-bond acceptors (Lipinski definition) is 3. The fourth-order valence-corrected chi connectivity index (χ4v) is 3.22. The van der Waals surface area contributed by atoms with Gasteiger partial charge in [-0.1, -0.05) is 37.3 Å². The highest BCUT2D eigenvalue weighted by Crippen LogP contribution is 2.28. The molecular formula is C21H33NO3. The van der Waals surface area contributed by atoms with Gasteiger partial charge in [-0.05, 0) is 57.9 Å². The van der Waals surface area contributed by atoms with Crippen molar-refractivity contribution in [1.29, 1.82) is 0 Å². The number of hydrogen-bond donors (Lipinski definition) is 0. The van der Waals surface area contributed by atoms with E-state index in [1.807, 2.05) is 56.0 Å². The van der Waals surface area contributed by atoms with Gasteiger partial charge in [-0.3, -0.25) is 0 Å². The van der Waals surface area contributed by atoms with Gasteiger partial charge in [0.2, 0.25) is 0 Å². The molecule has 0 spiro atoms. The van der Waals surface area contributed by atoms with Gasteiger partial charge in [0.25, 0.3) is 0 Å². The minimum absolute atomic E-state index is 0.213. The van der Waals surface area contributed by atoms with Gasteiger partial charge in [-0.15, -0.1) is 0 Å². The van der Waals surface area contributed by atoms with Crippen molar-refractivity contribution in [3.8, 4) is 0 Å². The highest BCUT2D eigenvalue weighted by Gasteiger charge is 2.30. The summed E-state index contributed by atoms with van der Waals surface area (Å²) in [5.74, 6) is 0.756. The van der Waals surface area contributed by atoms with E-state index >= 15 is 0 Å². The predicted molar refractivity (Wildman–Crippen MR) is 100 cm³/mol. The van der Waals surface area contributed by atoms with Gasteiger partial charge < -0.3 is 14.4 Å². The van der Waals surface area contributed by atoms with Gasteiger partial charge in [0.15, 0.2) is 0 Å². The molecule has 0 unspecified atom stereocenters. The van der Waals surface area contributed by atoms with Gasteiger partial charge in [0, 0.05) is 12.6 Å². The van der Waals surface area contributed by atoms with Crippen LogP contribution >= 0.6 is 0 Å². The lowest BCUT2D eigenvalue weighted by Gasteiger charge is -2.37. The van der Waals surface area contributed by atoms with E-state index in [0.717, 1.165) is 24.3 Å². The lowest BCUT2D eigenvalue weighted by Crippen LogP contribution is -2.46. The summed E-state index contributed by atoms with van der Waals surface area (Å²) in [6, 6.07) is 10.4. The normalized spacial score (nSPS) is 21.0. The molecule has 140 valence electrons. The Morgan fingerprint density at radius 2 is 1.76 bits per heavy atom. The molecule has 0 radical (unpaired) electrons. The average Bonchev–Trinajstić information content (AvgIpc) is 2.55. The summed E-state index contributed by atoms with van der Waals surface area (Å²) < 4.78 is 11.4. The van der Waals surface area contributed by atoms with E-state index in [1.165, 1.54) is 12.8 Å². The molecule has 0 bridgehead atoms. The molecule has 0 heterocycles. The first-order valence-corrected chi connectivity index (χ1v) is 9.46. The zero-order valence-electron chi connectivity index (χ0n) is 16.2. The molecule has 4 heteroatoms. The van der Waals surface area contributed by atoms with Crippen molar-refractivity contribution in [2.75, 3.05) is 13.2 Å². The standard InChI is InChI=1S/C21H33NO3/c1-17-10-12-19(13-11-17)22(20(23)25-21(2,3)4)14-15-24-16-18-8-6-5-7-9-18/h5-9,17,19H,10-16H2,1-4H3. The number of carbonyl (C=O) groups excluding carboxylic acids is 1. The highest BCUT2D eigenvalue weighted by atomic mass is 16.6. The van der Waals surface area contributed by atoms with Gasteiger partial charge in [0.1, 0.15) is 5.60 Å². The minimum Gasteiger partial charge on any atom is -0.444 e. The number of carbonyl (C=O) groups is 1. The molecule has 1 aromatic carbocycles. The van der Waals surface area contributed by atoms with Crippen LogP contribution in [-0.2, 0) is 16.1 Å². The summed E-state index contributed by atoms with van der Waals surface area (Å²) in [5, 5.41) is 0. The Bertz CT molecular complexity index is 516. The lowest BCUT2D eigenvalue weighted by atomic mass is 9.87. The average molecular weight is 347 g/mol. The highest BCUT2D eigenvalue weighted by molar-refractivity contribution is 5.68. The van der Waals surface area contributed by atoms with E-state index in [-0.39, 0.29) is 12.1 Å². The van der Waals surface area contributed by atoms with E-state index in [2.05, 4.69) is 6.92 Å². The summed E-state index contributed by atoms with van der Waals surface area (Å²) in [7, 11) is 0. The summed E-state index contributed by atoms with van der Waals surface area (Å²) in [4.78, 5) is 14.5. The van der Waals surface area contributed by atoms with E-state index in [1.54, 1.807) is 0 Å². The van der Waals surface area contributed by atoms with Crippen LogP contribution in [0, 0.1) is 5.92 Å². The van der Waals surface area contributed by atoms with Crippen LogP contribution in [-0.4, -0.2) is 35.8 Å². The third-order valence-electron chi connectivity index (χ3n) is 4.64. The molecule has 1 aliphatic rings. The van der Waals surface area contributed by atoms with Crippen LogP contribution in [0.4, 0.5) is 4.79 Å². The van der Waals surface area contributed by atoms with Crippen LogP contribution < -0.4 is 0 Å². The second-order valence-electron chi connectivity index (χ2n) is 8.13. The zero-order chi connectivity index (χ0) is 18.3. The third kappa shape index (κ3) is 7.07. The van der Waals surface area contributed by atoms with Crippen molar-refractivity contribution in [1.82, 2.24) is 4.90 Å². The Labute approximate surface area is 152 Å². The van der Waals surface area contributed by atoms with E-state index in [9.17, 15) is 4.79 Å². The molecule has 0 N–H and O–H groups in total. The summed E-state index contributed by atoms with van der Waals surface area (Å²) in [6.45, 7) is 9.72. The van der Waals surface area contributed by atoms with E-state index < -0.39 is 5.60 Å². The fourth-order valence-electron chi connectivity index (χ4n) is 3.22. The monoisotopic (exact) mass is 347 g/mol. The minimum atomic E-state index is -0.470. The van der Waals surface area contributed by atoms with Crippen molar-refractivity contribution in [3.63, 3.8) is 0 Å². The molecule has 0 aromatic heterocycles. The van der Waals surface area contributed by atoms with Crippen LogP contribution in [0.1, 0.15) is 58.9 Å². The van der Waals surface area contributed by atoms with Crippen molar-refractivity contribution in [2.45, 2.75) is 71.6 Å². The van der Waals surface area contributed by atoms with Gasteiger partial charge in [-0.2, -0.15) is 0 Å². The van der Waals surface area contributed by atoms with Crippen LogP contribution in [0.5, 0.6) is 0 Å². The first-order valence-electron chi connectivity index (χ1n) is 9.46. The molecule has 0 aliphatic heterocycles. The van der Waals surface area contributed by atoms with Gasteiger partial charge >= 0.3 is 6.09 Å². The second-order valence-corrected chi connectivity index (χ2v) is 8.13. The first-order chi connectivity index (χ1) is 11.8. The van der Waals surface area contributed by atoms with Crippen molar-refractivity contribution >= 4 is 6.09 Å². The molecule has 1 fully saturated rings. The SMILES string of the molecule is CC1CCC(N(CCOCc2ccccc2)C(=O)OC(C)(C)C)CC1. The Kier molecular flexibility index (Phi) is 7.30. The summed E-state index contributed by atoms with van der Waals surface area (Å²) in [5.41, 5.74) is 0.681. The molecule has 2 rings (SSSR count). The van der Waals surface area contributed by atoms with Crippen molar-refractivity contribution in [3.05, 3.63) is 35.9 Å². The third-order valence-corrected chi connectivity index (χ3v) is 4.64. The number of benzene rings is 1. The molecule has 25 heavy (non-hydrogen) atoms. The number of nitrogens with zero attached hydrogens (tertiary/aromatic N) is 1. The molecule has 1 aromatic rings. The fraction of sp³-hybridized carbons (Fsp3) is 0.667. The first kappa shape index (κ1) is 19.8. The van der Waals surface area contributed by atoms with Crippen LogP contribution in [0.15, 0.2) is 30.3 Å². The quantitative estimate of drug-likeness (QED) is 0.678. The Morgan fingerprint density at radius 1 is 1.12 bits per heavy atom. The summed E-state index contributed by atoms with van der Waals surface area (Å²) >= 11 is 0. The molecular weight excluding hydrogens is 314 g/mol. The number of amides is 1. The topological polar surface area (TPSA) is 38.8 Å². The maximum absolute atomic E-state index is 12.7. The van der Waals surface area contributed by atoms with Crippen LogP contribution in [0.3, 0.4) is 0 Å². The zero-order valence-corrected chi connectivity index (χ0v) is 16.2. The Morgan fingerprint density at radius 3 is 2.36 bits per heavy atom. The maximum Gasteiger partial charge on any atom is 0.410 e. The smallest absolute Gasteiger partial charge is 0.410 e.